The van der Waals surface area contributed by atoms with Gasteiger partial charge in [0.1, 0.15) is 0 Å². The van der Waals surface area contributed by atoms with Gasteiger partial charge >= 0.3 is 0 Å². The summed E-state index contributed by atoms with van der Waals surface area (Å²) in [6, 6.07) is 11.0. The van der Waals surface area contributed by atoms with E-state index in [-0.39, 0.29) is 17.1 Å². The zero-order chi connectivity index (χ0) is 19.9. The van der Waals surface area contributed by atoms with Crippen LogP contribution in [0.5, 0.6) is 0 Å². The zero-order valence-electron chi connectivity index (χ0n) is 14.5. The van der Waals surface area contributed by atoms with Crippen LogP contribution in [-0.2, 0) is 23.0 Å². The number of benzene rings is 2. The number of nitrogens with zero attached hydrogens (tertiary/aromatic N) is 1. The molecule has 0 aliphatic carbocycles. The highest BCUT2D eigenvalue weighted by Gasteiger charge is 2.14. The maximum absolute atomic E-state index is 12.0. The highest BCUT2D eigenvalue weighted by molar-refractivity contribution is 7.89. The third-order valence-electron chi connectivity index (χ3n) is 3.80. The van der Waals surface area contributed by atoms with E-state index in [1.165, 1.54) is 18.2 Å². The first-order valence-corrected chi connectivity index (χ1v) is 10.0. The van der Waals surface area contributed by atoms with Crippen molar-refractivity contribution in [2.75, 3.05) is 13.1 Å². The summed E-state index contributed by atoms with van der Waals surface area (Å²) in [5.74, 6) is 0. The third kappa shape index (κ3) is 6.14. The predicted molar refractivity (Wildman–Crippen MR) is 105 cm³/mol. The molecule has 0 aromatic heterocycles. The minimum atomic E-state index is -3.53. The Morgan fingerprint density at radius 3 is 2.52 bits per heavy atom. The van der Waals surface area contributed by atoms with E-state index in [4.69, 9.17) is 11.6 Å². The number of rotatable bonds is 10. The highest BCUT2D eigenvalue weighted by atomic mass is 35.5. The van der Waals surface area contributed by atoms with E-state index in [0.717, 1.165) is 5.56 Å². The molecule has 0 saturated heterocycles. The summed E-state index contributed by atoms with van der Waals surface area (Å²) in [7, 11) is -3.53. The zero-order valence-corrected chi connectivity index (χ0v) is 16.1. The van der Waals surface area contributed by atoms with E-state index in [9.17, 15) is 18.5 Å². The predicted octanol–water partition coefficient (Wildman–Crippen LogP) is 3.04. The van der Waals surface area contributed by atoms with Gasteiger partial charge in [-0.25, -0.2) is 13.1 Å². The number of hydrogen-bond donors (Lipinski definition) is 2. The van der Waals surface area contributed by atoms with Crippen molar-refractivity contribution in [2.24, 2.45) is 0 Å². The number of nitro groups is 1. The van der Waals surface area contributed by atoms with Crippen LogP contribution in [0.3, 0.4) is 0 Å². The molecule has 0 aliphatic heterocycles. The van der Waals surface area contributed by atoms with Gasteiger partial charge in [0.25, 0.3) is 5.69 Å². The molecule has 0 heterocycles. The van der Waals surface area contributed by atoms with E-state index in [2.05, 4.69) is 16.6 Å². The van der Waals surface area contributed by atoms with E-state index in [1.807, 2.05) is 0 Å². The van der Waals surface area contributed by atoms with Crippen molar-refractivity contribution in [2.45, 2.75) is 17.9 Å². The van der Waals surface area contributed by atoms with Crippen LogP contribution in [0.1, 0.15) is 11.1 Å². The van der Waals surface area contributed by atoms with E-state index < -0.39 is 14.9 Å². The SMILES string of the molecule is C=CCNS(=O)(=O)c1ccc(CCNCc2cc(Cl)ccc2[N+](=O)[O-])cc1. The van der Waals surface area contributed by atoms with Crippen molar-refractivity contribution in [1.82, 2.24) is 10.0 Å². The molecule has 0 radical (unpaired) electrons. The normalized spacial score (nSPS) is 11.3. The van der Waals surface area contributed by atoms with Crippen LogP contribution in [0.4, 0.5) is 5.69 Å². The number of halogens is 1. The van der Waals surface area contributed by atoms with Gasteiger partial charge < -0.3 is 5.32 Å². The smallest absolute Gasteiger partial charge is 0.273 e. The number of hydrogen-bond acceptors (Lipinski definition) is 5. The molecular weight excluding hydrogens is 390 g/mol. The van der Waals surface area contributed by atoms with Crippen LogP contribution in [-0.4, -0.2) is 26.4 Å². The molecule has 9 heteroatoms. The standard InChI is InChI=1S/C18H20ClN3O4S/c1-2-10-21-27(25,26)17-6-3-14(4-7-17)9-11-20-13-15-12-16(19)5-8-18(15)22(23)24/h2-8,12,20-21H,1,9-11,13H2. The van der Waals surface area contributed by atoms with Gasteiger partial charge in [0.15, 0.2) is 0 Å². The lowest BCUT2D eigenvalue weighted by molar-refractivity contribution is -0.385. The molecule has 2 N–H and O–H groups in total. The Labute approximate surface area is 163 Å². The topological polar surface area (TPSA) is 101 Å². The first-order valence-electron chi connectivity index (χ1n) is 8.16. The molecule has 2 aromatic carbocycles. The molecule has 0 bridgehead atoms. The maximum Gasteiger partial charge on any atom is 0.273 e. The minimum absolute atomic E-state index is 0.0217. The number of sulfonamides is 1. The average Bonchev–Trinajstić information content (AvgIpc) is 2.64. The van der Waals surface area contributed by atoms with Crippen molar-refractivity contribution in [3.05, 3.63) is 81.4 Å². The van der Waals surface area contributed by atoms with Gasteiger partial charge in [-0.15, -0.1) is 6.58 Å². The van der Waals surface area contributed by atoms with Crippen LogP contribution < -0.4 is 10.0 Å². The third-order valence-corrected chi connectivity index (χ3v) is 5.47. The lowest BCUT2D eigenvalue weighted by atomic mass is 10.1. The summed E-state index contributed by atoms with van der Waals surface area (Å²) >= 11 is 5.90. The van der Waals surface area contributed by atoms with Gasteiger partial charge in [0, 0.05) is 29.7 Å². The molecule has 0 unspecified atom stereocenters. The lowest BCUT2D eigenvalue weighted by Gasteiger charge is -2.08. The van der Waals surface area contributed by atoms with Crippen LogP contribution >= 0.6 is 11.6 Å². The largest absolute Gasteiger partial charge is 0.312 e. The number of nitrogens with one attached hydrogen (secondary N) is 2. The molecule has 2 rings (SSSR count). The Hall–Kier alpha value is -2.26. The highest BCUT2D eigenvalue weighted by Crippen LogP contribution is 2.22. The summed E-state index contributed by atoms with van der Waals surface area (Å²) in [5.41, 5.74) is 1.49. The van der Waals surface area contributed by atoms with Gasteiger partial charge in [0.2, 0.25) is 10.0 Å². The van der Waals surface area contributed by atoms with Crippen LogP contribution in [0.2, 0.25) is 5.02 Å². The summed E-state index contributed by atoms with van der Waals surface area (Å²) in [4.78, 5) is 10.8. The second-order valence-electron chi connectivity index (χ2n) is 5.74. The molecule has 0 saturated carbocycles. The Morgan fingerprint density at radius 2 is 1.89 bits per heavy atom. The van der Waals surface area contributed by atoms with Crippen molar-refractivity contribution < 1.29 is 13.3 Å². The van der Waals surface area contributed by atoms with Gasteiger partial charge in [-0.05, 0) is 42.8 Å². The minimum Gasteiger partial charge on any atom is -0.312 e. The molecule has 27 heavy (non-hydrogen) atoms. The Balaban J connectivity index is 1.90. The second kappa shape index (κ2) is 9.61. The molecule has 0 spiro atoms. The molecular formula is C18H20ClN3O4S. The van der Waals surface area contributed by atoms with E-state index in [1.54, 1.807) is 30.3 Å². The fourth-order valence-corrected chi connectivity index (χ4v) is 3.61. The van der Waals surface area contributed by atoms with Gasteiger partial charge in [-0.2, -0.15) is 0 Å². The molecule has 2 aromatic rings. The van der Waals surface area contributed by atoms with Gasteiger partial charge in [-0.1, -0.05) is 29.8 Å². The van der Waals surface area contributed by atoms with Crippen LogP contribution in [0.25, 0.3) is 0 Å². The summed E-state index contributed by atoms with van der Waals surface area (Å²) in [6.45, 7) is 4.53. The Bertz CT molecular complexity index is 915. The molecule has 7 nitrogen and oxygen atoms in total. The first-order chi connectivity index (χ1) is 12.8. The fourth-order valence-electron chi connectivity index (χ4n) is 2.42. The van der Waals surface area contributed by atoms with Crippen molar-refractivity contribution in [3.8, 4) is 0 Å². The first kappa shape index (κ1) is 21.0. The summed E-state index contributed by atoms with van der Waals surface area (Å²) in [6.07, 6.45) is 2.12. The monoisotopic (exact) mass is 409 g/mol. The van der Waals surface area contributed by atoms with Crippen molar-refractivity contribution in [1.29, 1.82) is 0 Å². The summed E-state index contributed by atoms with van der Waals surface area (Å²) < 4.78 is 26.4. The molecule has 0 fully saturated rings. The van der Waals surface area contributed by atoms with Crippen molar-refractivity contribution in [3.63, 3.8) is 0 Å². The van der Waals surface area contributed by atoms with E-state index >= 15 is 0 Å². The molecule has 0 aliphatic rings. The number of nitro benzene ring substituents is 1. The van der Waals surface area contributed by atoms with Crippen LogP contribution in [0, 0.1) is 10.1 Å². The van der Waals surface area contributed by atoms with Crippen LogP contribution in [0.15, 0.2) is 60.0 Å². The van der Waals surface area contributed by atoms with Gasteiger partial charge in [0.05, 0.1) is 9.82 Å². The summed E-state index contributed by atoms with van der Waals surface area (Å²) in [5, 5.41) is 14.6. The van der Waals surface area contributed by atoms with E-state index in [0.29, 0.717) is 30.1 Å². The Kier molecular flexibility index (Phi) is 7.49. The maximum atomic E-state index is 12.0. The lowest BCUT2D eigenvalue weighted by Crippen LogP contribution is -2.23. The quantitative estimate of drug-likeness (QED) is 0.272. The molecule has 0 amide bonds. The molecule has 144 valence electrons. The second-order valence-corrected chi connectivity index (χ2v) is 7.94. The Morgan fingerprint density at radius 1 is 1.19 bits per heavy atom. The van der Waals surface area contributed by atoms with Crippen molar-refractivity contribution >= 4 is 27.3 Å². The fraction of sp³-hybridized carbons (Fsp3) is 0.222. The average molecular weight is 410 g/mol. The van der Waals surface area contributed by atoms with Gasteiger partial charge in [-0.3, -0.25) is 10.1 Å². The molecule has 0 atom stereocenters.